The van der Waals surface area contributed by atoms with E-state index < -0.39 is 0 Å². The third kappa shape index (κ3) is 2.62. The number of benzene rings is 2. The topological polar surface area (TPSA) is 40.9 Å². The van der Waals surface area contributed by atoms with Crippen LogP contribution in [0.5, 0.6) is 0 Å². The molecule has 3 aromatic rings. The van der Waals surface area contributed by atoms with Gasteiger partial charge >= 0.3 is 0 Å². The Bertz CT molecular complexity index is 864. The average Bonchev–Trinajstić information content (AvgIpc) is 3.06. The van der Waals surface area contributed by atoms with E-state index in [4.69, 9.17) is 0 Å². The van der Waals surface area contributed by atoms with Gasteiger partial charge < -0.3 is 0 Å². The Morgan fingerprint density at radius 2 is 1.86 bits per heavy atom. The molecular formula is C18H11NOS. The highest BCUT2D eigenvalue weighted by Gasteiger charge is 2.13. The van der Waals surface area contributed by atoms with Crippen LogP contribution in [0.4, 0.5) is 0 Å². The Hall–Kier alpha value is -2.70. The predicted octanol–water partition coefficient (Wildman–Crippen LogP) is 4.69. The van der Waals surface area contributed by atoms with E-state index in [-0.39, 0.29) is 11.4 Å². The second-order valence-corrected chi connectivity index (χ2v) is 5.49. The lowest BCUT2D eigenvalue weighted by molar-refractivity contribution is 0.104. The first-order valence-electron chi connectivity index (χ1n) is 6.47. The summed E-state index contributed by atoms with van der Waals surface area (Å²) in [4.78, 5) is 12.9. The van der Waals surface area contributed by atoms with Gasteiger partial charge in [0.05, 0.1) is 4.88 Å². The number of carbonyl (C=O) groups is 1. The number of nitrogens with zero attached hydrogens (tertiary/aromatic N) is 1. The van der Waals surface area contributed by atoms with Crippen molar-refractivity contribution in [3.05, 3.63) is 76.0 Å². The molecule has 0 aliphatic heterocycles. The number of rotatable bonds is 3. The fraction of sp³-hybridized carbons (Fsp3) is 0. The molecule has 1 aromatic heterocycles. The monoisotopic (exact) mass is 289 g/mol. The standard InChI is InChI=1S/C18H11NOS/c19-12-15(18(20)17-9-4-10-21-17)11-14-7-3-6-13-5-1-2-8-16(13)14/h1-11H/b15-11+. The number of hydrogen-bond acceptors (Lipinski definition) is 3. The highest BCUT2D eigenvalue weighted by Crippen LogP contribution is 2.22. The summed E-state index contributed by atoms with van der Waals surface area (Å²) < 4.78 is 0. The van der Waals surface area contributed by atoms with Gasteiger partial charge in [0.2, 0.25) is 5.78 Å². The van der Waals surface area contributed by atoms with Crippen molar-refractivity contribution < 1.29 is 4.79 Å². The molecule has 0 aliphatic carbocycles. The zero-order valence-corrected chi connectivity index (χ0v) is 11.9. The molecule has 100 valence electrons. The quantitative estimate of drug-likeness (QED) is 0.398. The highest BCUT2D eigenvalue weighted by atomic mass is 32.1. The maximum atomic E-state index is 12.3. The highest BCUT2D eigenvalue weighted by molar-refractivity contribution is 7.12. The molecule has 0 spiro atoms. The first kappa shape index (κ1) is 13.3. The van der Waals surface area contributed by atoms with Crippen molar-refractivity contribution in [3.8, 4) is 6.07 Å². The van der Waals surface area contributed by atoms with E-state index in [0.717, 1.165) is 16.3 Å². The molecule has 1 heterocycles. The zero-order valence-electron chi connectivity index (χ0n) is 11.1. The van der Waals surface area contributed by atoms with E-state index in [2.05, 4.69) is 0 Å². The van der Waals surface area contributed by atoms with Gasteiger partial charge in [0.25, 0.3) is 0 Å². The molecule has 0 saturated heterocycles. The minimum atomic E-state index is -0.222. The van der Waals surface area contributed by atoms with Gasteiger partial charge in [0, 0.05) is 0 Å². The Kier molecular flexibility index (Phi) is 3.63. The number of carbonyl (C=O) groups excluding carboxylic acids is 1. The number of hydrogen-bond donors (Lipinski definition) is 0. The Morgan fingerprint density at radius 1 is 1.05 bits per heavy atom. The van der Waals surface area contributed by atoms with Gasteiger partial charge in [-0.05, 0) is 33.9 Å². The number of nitriles is 1. The van der Waals surface area contributed by atoms with Crippen molar-refractivity contribution in [1.82, 2.24) is 0 Å². The van der Waals surface area contributed by atoms with Crippen LogP contribution in [0.1, 0.15) is 15.2 Å². The molecule has 2 aromatic carbocycles. The normalized spacial score (nSPS) is 11.3. The number of ketones is 1. The zero-order chi connectivity index (χ0) is 14.7. The van der Waals surface area contributed by atoms with Crippen LogP contribution in [0.2, 0.25) is 0 Å². The molecule has 0 bridgehead atoms. The molecule has 0 atom stereocenters. The molecule has 0 unspecified atom stereocenters. The summed E-state index contributed by atoms with van der Waals surface area (Å²) in [7, 11) is 0. The molecule has 3 rings (SSSR count). The number of Topliss-reactive ketones (excluding diaryl/α,β-unsaturated/α-hetero) is 1. The van der Waals surface area contributed by atoms with E-state index in [1.165, 1.54) is 11.3 Å². The molecule has 0 radical (unpaired) electrons. The van der Waals surface area contributed by atoms with Crippen LogP contribution >= 0.6 is 11.3 Å². The van der Waals surface area contributed by atoms with Crippen LogP contribution in [0, 0.1) is 11.3 Å². The maximum Gasteiger partial charge on any atom is 0.213 e. The van der Waals surface area contributed by atoms with E-state index >= 15 is 0 Å². The van der Waals surface area contributed by atoms with Crippen molar-refractivity contribution in [3.63, 3.8) is 0 Å². The Balaban J connectivity index is 2.10. The molecule has 0 saturated carbocycles. The fourth-order valence-electron chi connectivity index (χ4n) is 2.22. The smallest absolute Gasteiger partial charge is 0.213 e. The summed E-state index contributed by atoms with van der Waals surface area (Å²) in [5, 5.41) is 13.3. The number of allylic oxidation sites excluding steroid dienone is 1. The van der Waals surface area contributed by atoms with Crippen molar-refractivity contribution in [2.45, 2.75) is 0 Å². The molecule has 0 aliphatic rings. The van der Waals surface area contributed by atoms with Crippen LogP contribution < -0.4 is 0 Å². The van der Waals surface area contributed by atoms with Crippen molar-refractivity contribution >= 4 is 34.0 Å². The van der Waals surface area contributed by atoms with Gasteiger partial charge in [-0.3, -0.25) is 4.79 Å². The molecule has 0 fully saturated rings. The van der Waals surface area contributed by atoms with Crippen LogP contribution in [-0.2, 0) is 0 Å². The van der Waals surface area contributed by atoms with E-state index in [1.54, 1.807) is 12.1 Å². The SMILES string of the molecule is N#C/C(=C\c1cccc2ccccc12)C(=O)c1cccs1. The van der Waals surface area contributed by atoms with Crippen LogP contribution in [0.15, 0.2) is 65.6 Å². The lowest BCUT2D eigenvalue weighted by Crippen LogP contribution is -1.99. The van der Waals surface area contributed by atoms with Gasteiger partial charge in [-0.1, -0.05) is 48.5 Å². The predicted molar refractivity (Wildman–Crippen MR) is 86.2 cm³/mol. The minimum absolute atomic E-state index is 0.161. The van der Waals surface area contributed by atoms with E-state index in [0.29, 0.717) is 4.88 Å². The third-order valence-corrected chi connectivity index (χ3v) is 4.10. The van der Waals surface area contributed by atoms with Gasteiger partial charge in [-0.2, -0.15) is 5.26 Å². The van der Waals surface area contributed by atoms with Crippen molar-refractivity contribution in [2.75, 3.05) is 0 Å². The second kappa shape index (κ2) is 5.74. The number of fused-ring (bicyclic) bond motifs is 1. The summed E-state index contributed by atoms with van der Waals surface area (Å²) in [6.07, 6.45) is 1.67. The average molecular weight is 289 g/mol. The lowest BCUT2D eigenvalue weighted by Gasteiger charge is -2.02. The number of thiophene rings is 1. The summed E-state index contributed by atoms with van der Waals surface area (Å²) in [5.74, 6) is -0.222. The molecule has 3 heteroatoms. The maximum absolute atomic E-state index is 12.3. The van der Waals surface area contributed by atoms with E-state index in [1.807, 2.05) is 60.0 Å². The van der Waals surface area contributed by atoms with Crippen molar-refractivity contribution in [2.24, 2.45) is 0 Å². The van der Waals surface area contributed by atoms with Crippen LogP contribution in [0.3, 0.4) is 0 Å². The summed E-state index contributed by atoms with van der Waals surface area (Å²) >= 11 is 1.35. The largest absolute Gasteiger partial charge is 0.287 e. The van der Waals surface area contributed by atoms with Crippen LogP contribution in [0.25, 0.3) is 16.8 Å². The Morgan fingerprint density at radius 3 is 2.62 bits per heavy atom. The fourth-order valence-corrected chi connectivity index (χ4v) is 2.90. The lowest BCUT2D eigenvalue weighted by atomic mass is 10.0. The first-order chi connectivity index (χ1) is 10.3. The van der Waals surface area contributed by atoms with Gasteiger partial charge in [-0.25, -0.2) is 0 Å². The van der Waals surface area contributed by atoms with Crippen LogP contribution in [-0.4, -0.2) is 5.78 Å². The molecule has 21 heavy (non-hydrogen) atoms. The minimum Gasteiger partial charge on any atom is -0.287 e. The van der Waals surface area contributed by atoms with Gasteiger partial charge in [0.1, 0.15) is 11.6 Å². The summed E-state index contributed by atoms with van der Waals surface area (Å²) in [5.41, 5.74) is 1.04. The molecule has 0 N–H and O–H groups in total. The first-order valence-corrected chi connectivity index (χ1v) is 7.35. The van der Waals surface area contributed by atoms with Gasteiger partial charge in [0.15, 0.2) is 0 Å². The second-order valence-electron chi connectivity index (χ2n) is 4.54. The van der Waals surface area contributed by atoms with E-state index in [9.17, 15) is 10.1 Å². The summed E-state index contributed by atoms with van der Waals surface area (Å²) in [6.45, 7) is 0. The Labute approximate surface area is 126 Å². The third-order valence-electron chi connectivity index (χ3n) is 3.23. The van der Waals surface area contributed by atoms with Crippen molar-refractivity contribution in [1.29, 1.82) is 5.26 Å². The molecule has 2 nitrogen and oxygen atoms in total. The van der Waals surface area contributed by atoms with Gasteiger partial charge in [-0.15, -0.1) is 11.3 Å². The molecule has 0 amide bonds. The molecular weight excluding hydrogens is 278 g/mol. The summed E-state index contributed by atoms with van der Waals surface area (Å²) in [6, 6.07) is 19.4.